The number of aromatic nitrogens is 3. The number of nitrogens with one attached hydrogen (secondary N) is 1. The van der Waals surface area contributed by atoms with Crippen LogP contribution < -0.4 is 5.32 Å². The van der Waals surface area contributed by atoms with Crippen LogP contribution in [0.15, 0.2) is 59.8 Å². The monoisotopic (exact) mass is 382 g/mol. The quantitative estimate of drug-likeness (QED) is 0.636. The van der Waals surface area contributed by atoms with Gasteiger partial charge in [0.25, 0.3) is 0 Å². The van der Waals surface area contributed by atoms with E-state index in [0.29, 0.717) is 16.5 Å². The predicted molar refractivity (Wildman–Crippen MR) is 104 cm³/mol. The van der Waals surface area contributed by atoms with Gasteiger partial charge in [0.1, 0.15) is 5.82 Å². The van der Waals surface area contributed by atoms with Gasteiger partial charge in [0.15, 0.2) is 11.0 Å². The lowest BCUT2D eigenvalue weighted by atomic mass is 10.2. The fourth-order valence-corrected chi connectivity index (χ4v) is 3.74. The lowest BCUT2D eigenvalue weighted by Gasteiger charge is -2.13. The number of amides is 1. The maximum Gasteiger partial charge on any atom is 0.237 e. The number of hydrogen-bond acceptors (Lipinski definition) is 4. The van der Waals surface area contributed by atoms with Crippen molar-refractivity contribution in [2.45, 2.75) is 36.2 Å². The van der Waals surface area contributed by atoms with Crippen LogP contribution in [0.25, 0.3) is 11.4 Å². The summed E-state index contributed by atoms with van der Waals surface area (Å²) in [7, 11) is 0. The first-order valence-electron chi connectivity index (χ1n) is 8.86. The minimum atomic E-state index is -0.361. The SMILES string of the molecule is C[C@@H](Sc1nnc(-c2ccccc2F)n1C1CC1)C(=O)Nc1ccccc1. The molecule has 1 heterocycles. The van der Waals surface area contributed by atoms with Crippen LogP contribution in [0.2, 0.25) is 0 Å². The van der Waals surface area contributed by atoms with Crippen molar-refractivity contribution in [3.63, 3.8) is 0 Å². The van der Waals surface area contributed by atoms with Crippen molar-refractivity contribution in [2.75, 3.05) is 5.32 Å². The molecule has 0 saturated heterocycles. The molecule has 1 amide bonds. The predicted octanol–water partition coefficient (Wildman–Crippen LogP) is 4.54. The van der Waals surface area contributed by atoms with Crippen LogP contribution in [0.4, 0.5) is 10.1 Å². The molecule has 1 aliphatic rings. The Hall–Kier alpha value is -2.67. The van der Waals surface area contributed by atoms with E-state index in [1.165, 1.54) is 17.8 Å². The number of carbonyl (C=O) groups excluding carboxylic acids is 1. The molecule has 27 heavy (non-hydrogen) atoms. The largest absolute Gasteiger partial charge is 0.325 e. The fourth-order valence-electron chi connectivity index (χ4n) is 2.82. The maximum absolute atomic E-state index is 14.2. The number of halogens is 1. The Kier molecular flexibility index (Phi) is 4.94. The van der Waals surface area contributed by atoms with Crippen LogP contribution in [0, 0.1) is 5.82 Å². The molecule has 138 valence electrons. The van der Waals surface area contributed by atoms with E-state index < -0.39 is 0 Å². The second kappa shape index (κ2) is 7.52. The van der Waals surface area contributed by atoms with Gasteiger partial charge in [-0.15, -0.1) is 10.2 Å². The molecular formula is C20H19FN4OS. The molecule has 0 unspecified atom stereocenters. The first-order chi connectivity index (χ1) is 13.1. The molecule has 1 aliphatic carbocycles. The molecule has 1 aromatic heterocycles. The number of rotatable bonds is 6. The number of hydrogen-bond donors (Lipinski definition) is 1. The van der Waals surface area contributed by atoms with Gasteiger partial charge in [0.2, 0.25) is 5.91 Å². The molecule has 5 nitrogen and oxygen atoms in total. The highest BCUT2D eigenvalue weighted by atomic mass is 32.2. The summed E-state index contributed by atoms with van der Waals surface area (Å²) in [6.07, 6.45) is 2.02. The third kappa shape index (κ3) is 3.88. The molecule has 1 atom stereocenters. The average Bonchev–Trinajstić information content (AvgIpc) is 3.43. The number of thioether (sulfide) groups is 1. The Labute approximate surface area is 161 Å². The molecule has 1 saturated carbocycles. The van der Waals surface area contributed by atoms with Gasteiger partial charge in [0.05, 0.1) is 10.8 Å². The first kappa shape index (κ1) is 17.7. The summed E-state index contributed by atoms with van der Waals surface area (Å²) in [4.78, 5) is 12.5. The summed E-state index contributed by atoms with van der Waals surface area (Å²) < 4.78 is 16.2. The molecule has 7 heteroatoms. The normalized spacial score (nSPS) is 14.7. The van der Waals surface area contributed by atoms with Crippen LogP contribution in [0.5, 0.6) is 0 Å². The second-order valence-corrected chi connectivity index (χ2v) is 7.81. The Bertz CT molecular complexity index is 956. The molecule has 1 N–H and O–H groups in total. The smallest absolute Gasteiger partial charge is 0.237 e. The van der Waals surface area contributed by atoms with Gasteiger partial charge in [-0.2, -0.15) is 0 Å². The second-order valence-electron chi connectivity index (χ2n) is 6.50. The van der Waals surface area contributed by atoms with Gasteiger partial charge in [-0.25, -0.2) is 4.39 Å². The van der Waals surface area contributed by atoms with Crippen LogP contribution >= 0.6 is 11.8 Å². The van der Waals surface area contributed by atoms with Crippen molar-refractivity contribution in [3.05, 3.63) is 60.4 Å². The van der Waals surface area contributed by atoms with E-state index in [9.17, 15) is 9.18 Å². The zero-order valence-electron chi connectivity index (χ0n) is 14.8. The van der Waals surface area contributed by atoms with Crippen LogP contribution in [0.1, 0.15) is 25.8 Å². The molecule has 0 aliphatic heterocycles. The Morgan fingerprint density at radius 1 is 1.15 bits per heavy atom. The minimum absolute atomic E-state index is 0.107. The van der Waals surface area contributed by atoms with E-state index in [1.54, 1.807) is 18.2 Å². The summed E-state index contributed by atoms with van der Waals surface area (Å²) in [5, 5.41) is 11.7. The van der Waals surface area contributed by atoms with Gasteiger partial charge in [-0.05, 0) is 44.0 Å². The van der Waals surface area contributed by atoms with Crippen LogP contribution in [0.3, 0.4) is 0 Å². The number of benzene rings is 2. The van der Waals surface area contributed by atoms with Gasteiger partial charge in [0, 0.05) is 11.7 Å². The fraction of sp³-hybridized carbons (Fsp3) is 0.250. The van der Waals surface area contributed by atoms with E-state index >= 15 is 0 Å². The molecular weight excluding hydrogens is 363 g/mol. The third-order valence-electron chi connectivity index (χ3n) is 4.38. The van der Waals surface area contributed by atoms with Crippen molar-refractivity contribution < 1.29 is 9.18 Å². The van der Waals surface area contributed by atoms with Crippen molar-refractivity contribution in [1.29, 1.82) is 0 Å². The topological polar surface area (TPSA) is 59.8 Å². The van der Waals surface area contributed by atoms with Gasteiger partial charge >= 0.3 is 0 Å². The maximum atomic E-state index is 14.2. The van der Waals surface area contributed by atoms with E-state index in [2.05, 4.69) is 15.5 Å². The Balaban J connectivity index is 1.56. The first-order valence-corrected chi connectivity index (χ1v) is 9.74. The Morgan fingerprint density at radius 2 is 1.85 bits per heavy atom. The molecule has 0 bridgehead atoms. The van der Waals surface area contributed by atoms with E-state index in [-0.39, 0.29) is 23.0 Å². The molecule has 2 aromatic carbocycles. The van der Waals surface area contributed by atoms with E-state index in [1.807, 2.05) is 41.8 Å². The highest BCUT2D eigenvalue weighted by Gasteiger charge is 2.32. The van der Waals surface area contributed by atoms with E-state index in [4.69, 9.17) is 0 Å². The van der Waals surface area contributed by atoms with Crippen molar-refractivity contribution in [3.8, 4) is 11.4 Å². The standard InChI is InChI=1S/C20H19FN4OS/c1-13(19(26)22-14-7-3-2-4-8-14)27-20-24-23-18(25(20)15-11-12-15)16-9-5-6-10-17(16)21/h2-10,13,15H,11-12H2,1H3,(H,22,26)/t13-/m1/s1. The Morgan fingerprint density at radius 3 is 2.56 bits per heavy atom. The lowest BCUT2D eigenvalue weighted by molar-refractivity contribution is -0.115. The third-order valence-corrected chi connectivity index (χ3v) is 5.44. The van der Waals surface area contributed by atoms with Gasteiger partial charge < -0.3 is 5.32 Å². The number of carbonyl (C=O) groups is 1. The lowest BCUT2D eigenvalue weighted by Crippen LogP contribution is -2.22. The summed E-state index contributed by atoms with van der Waals surface area (Å²) >= 11 is 1.34. The molecule has 1 fully saturated rings. The molecule has 0 spiro atoms. The van der Waals surface area contributed by atoms with Crippen molar-refractivity contribution in [2.24, 2.45) is 0 Å². The van der Waals surface area contributed by atoms with Gasteiger partial charge in [-0.3, -0.25) is 9.36 Å². The summed E-state index contributed by atoms with van der Waals surface area (Å²) in [6.45, 7) is 1.83. The van der Waals surface area contributed by atoms with Gasteiger partial charge in [-0.1, -0.05) is 42.1 Å². The zero-order chi connectivity index (χ0) is 18.8. The van der Waals surface area contributed by atoms with Crippen LogP contribution in [-0.4, -0.2) is 25.9 Å². The van der Waals surface area contributed by atoms with Crippen molar-refractivity contribution in [1.82, 2.24) is 14.8 Å². The summed E-state index contributed by atoms with van der Waals surface area (Å²) in [6, 6.07) is 16.2. The number of nitrogens with zero attached hydrogens (tertiary/aromatic N) is 3. The van der Waals surface area contributed by atoms with Crippen LogP contribution in [-0.2, 0) is 4.79 Å². The zero-order valence-corrected chi connectivity index (χ0v) is 15.6. The molecule has 3 aromatic rings. The highest BCUT2D eigenvalue weighted by molar-refractivity contribution is 8.00. The number of para-hydroxylation sites is 1. The summed E-state index contributed by atoms with van der Waals surface area (Å²) in [5.41, 5.74) is 1.19. The number of anilines is 1. The molecule has 4 rings (SSSR count). The van der Waals surface area contributed by atoms with Crippen molar-refractivity contribution >= 4 is 23.4 Å². The van der Waals surface area contributed by atoms with E-state index in [0.717, 1.165) is 18.5 Å². The molecule has 0 radical (unpaired) electrons. The highest BCUT2D eigenvalue weighted by Crippen LogP contribution is 2.42. The minimum Gasteiger partial charge on any atom is -0.325 e. The summed E-state index contributed by atoms with van der Waals surface area (Å²) in [5.74, 6) is 0.0935. The average molecular weight is 382 g/mol.